The van der Waals surface area contributed by atoms with Gasteiger partial charge in [-0.25, -0.2) is 0 Å². The van der Waals surface area contributed by atoms with Gasteiger partial charge in [-0.15, -0.1) is 0 Å². The fraction of sp³-hybridized carbons (Fsp3) is 0. The summed E-state index contributed by atoms with van der Waals surface area (Å²) in [6.07, 6.45) is 0. The lowest BCUT2D eigenvalue weighted by molar-refractivity contribution is -0.384. The first-order valence-electron chi connectivity index (χ1n) is 5.59. The zero-order valence-electron chi connectivity index (χ0n) is 10.3. The highest BCUT2D eigenvalue weighted by atomic mass is 127. The minimum Gasteiger partial charge on any atom is -0.321 e. The number of rotatable bonds is 3. The van der Waals surface area contributed by atoms with Crippen molar-refractivity contribution in [3.63, 3.8) is 0 Å². The maximum absolute atomic E-state index is 12.2. The molecule has 0 radical (unpaired) electrons. The number of hydrogen-bond acceptors (Lipinski definition) is 3. The number of carbonyl (C=O) groups excluding carboxylic acids is 1. The number of nitrogens with one attached hydrogen (secondary N) is 1. The van der Waals surface area contributed by atoms with Crippen molar-refractivity contribution in [2.24, 2.45) is 0 Å². The van der Waals surface area contributed by atoms with Crippen molar-refractivity contribution in [3.8, 4) is 0 Å². The highest BCUT2D eigenvalue weighted by Crippen LogP contribution is 2.28. The molecule has 0 bridgehead atoms. The average molecular weight is 481 g/mol. The predicted molar refractivity (Wildman–Crippen MR) is 92.9 cm³/mol. The van der Waals surface area contributed by atoms with Crippen LogP contribution in [0.5, 0.6) is 0 Å². The van der Waals surface area contributed by atoms with Crippen LogP contribution in [0, 0.1) is 13.7 Å². The van der Waals surface area contributed by atoms with Gasteiger partial charge in [0.1, 0.15) is 0 Å². The van der Waals surface area contributed by atoms with Crippen LogP contribution in [-0.2, 0) is 0 Å². The Morgan fingerprint density at radius 3 is 2.62 bits per heavy atom. The van der Waals surface area contributed by atoms with E-state index in [2.05, 4.69) is 21.2 Å². The zero-order valence-corrected chi connectivity index (χ0v) is 14.8. The van der Waals surface area contributed by atoms with Crippen LogP contribution in [0.1, 0.15) is 10.4 Å². The first kappa shape index (κ1) is 16.2. The van der Waals surface area contributed by atoms with Crippen molar-refractivity contribution in [2.45, 2.75) is 0 Å². The van der Waals surface area contributed by atoms with Crippen molar-refractivity contribution in [1.29, 1.82) is 0 Å². The van der Waals surface area contributed by atoms with E-state index in [1.54, 1.807) is 18.2 Å². The van der Waals surface area contributed by atoms with Gasteiger partial charge >= 0.3 is 0 Å². The Labute approximate surface area is 147 Å². The lowest BCUT2D eigenvalue weighted by atomic mass is 10.2. The van der Waals surface area contributed by atoms with E-state index < -0.39 is 4.92 Å². The molecule has 5 nitrogen and oxygen atoms in total. The number of nitro groups is 1. The normalized spacial score (nSPS) is 10.2. The molecule has 1 N–H and O–H groups in total. The monoisotopic (exact) mass is 480 g/mol. The molecule has 0 saturated carbocycles. The number of halogens is 3. The van der Waals surface area contributed by atoms with Gasteiger partial charge < -0.3 is 5.32 Å². The largest absolute Gasteiger partial charge is 0.321 e. The van der Waals surface area contributed by atoms with Gasteiger partial charge in [-0.2, -0.15) is 0 Å². The fourth-order valence-electron chi connectivity index (χ4n) is 1.58. The summed E-state index contributed by atoms with van der Waals surface area (Å²) in [5.74, 6) is -0.337. The van der Waals surface area contributed by atoms with Crippen LogP contribution in [0.2, 0.25) is 5.02 Å². The van der Waals surface area contributed by atoms with Gasteiger partial charge in [0.2, 0.25) is 0 Å². The number of hydrogen-bond donors (Lipinski definition) is 1. The predicted octanol–water partition coefficient (Wildman–Crippen LogP) is 4.87. The lowest BCUT2D eigenvalue weighted by Crippen LogP contribution is -2.13. The van der Waals surface area contributed by atoms with E-state index in [1.165, 1.54) is 18.2 Å². The standard InChI is InChI=1S/C13H7BrClIN2O3/c14-10-6-8(18(20)21)2-4-12(10)17-13(19)9-5-7(15)1-3-11(9)16/h1-6H,(H,17,19). The minimum absolute atomic E-state index is 0.0581. The van der Waals surface area contributed by atoms with E-state index in [-0.39, 0.29) is 11.6 Å². The number of nitro benzene ring substituents is 1. The molecule has 0 aliphatic heterocycles. The summed E-state index contributed by atoms with van der Waals surface area (Å²) >= 11 is 11.1. The van der Waals surface area contributed by atoms with Gasteiger partial charge in [0.15, 0.2) is 0 Å². The Balaban J connectivity index is 2.27. The molecule has 1 amide bonds. The Morgan fingerprint density at radius 1 is 1.29 bits per heavy atom. The molecular weight excluding hydrogens is 474 g/mol. The second-order valence-electron chi connectivity index (χ2n) is 4.00. The summed E-state index contributed by atoms with van der Waals surface area (Å²) in [5.41, 5.74) is 0.826. The summed E-state index contributed by atoms with van der Waals surface area (Å²) in [4.78, 5) is 22.4. The maximum Gasteiger partial charge on any atom is 0.270 e. The van der Waals surface area contributed by atoms with Crippen molar-refractivity contribution in [2.75, 3.05) is 5.32 Å². The average Bonchev–Trinajstić information content (AvgIpc) is 2.43. The van der Waals surface area contributed by atoms with Crippen molar-refractivity contribution in [3.05, 3.63) is 65.1 Å². The molecule has 8 heteroatoms. The first-order valence-corrected chi connectivity index (χ1v) is 7.84. The molecule has 0 unspecified atom stereocenters. The van der Waals surface area contributed by atoms with Crippen LogP contribution in [0.15, 0.2) is 40.9 Å². The molecule has 21 heavy (non-hydrogen) atoms. The Kier molecular flexibility index (Phi) is 5.17. The zero-order chi connectivity index (χ0) is 15.6. The van der Waals surface area contributed by atoms with Crippen molar-refractivity contribution >= 4 is 67.4 Å². The fourth-order valence-corrected chi connectivity index (χ4v) is 2.80. The summed E-state index contributed by atoms with van der Waals surface area (Å²) in [7, 11) is 0. The van der Waals surface area contributed by atoms with Crippen LogP contribution < -0.4 is 5.32 Å². The van der Waals surface area contributed by atoms with E-state index in [0.29, 0.717) is 20.7 Å². The Hall–Kier alpha value is -1.19. The van der Waals surface area contributed by atoms with Crippen molar-refractivity contribution < 1.29 is 9.72 Å². The molecular formula is C13H7BrClIN2O3. The number of non-ortho nitro benzene ring substituents is 1. The molecule has 0 atom stereocenters. The highest BCUT2D eigenvalue weighted by Gasteiger charge is 2.14. The number of amides is 1. The van der Waals surface area contributed by atoms with E-state index >= 15 is 0 Å². The lowest BCUT2D eigenvalue weighted by Gasteiger charge is -2.09. The summed E-state index contributed by atoms with van der Waals surface area (Å²) < 4.78 is 1.19. The van der Waals surface area contributed by atoms with Gasteiger partial charge in [-0.3, -0.25) is 14.9 Å². The van der Waals surface area contributed by atoms with Crippen LogP contribution in [0.3, 0.4) is 0 Å². The molecule has 0 aliphatic carbocycles. The third-order valence-corrected chi connectivity index (χ3v) is 4.42. The van der Waals surface area contributed by atoms with Gasteiger partial charge in [0.05, 0.1) is 16.2 Å². The second kappa shape index (κ2) is 6.71. The van der Waals surface area contributed by atoms with Gasteiger partial charge in [0, 0.05) is 25.2 Å². The quantitative estimate of drug-likeness (QED) is 0.386. The van der Waals surface area contributed by atoms with E-state index in [0.717, 1.165) is 3.57 Å². The summed E-state index contributed by atoms with van der Waals surface area (Å²) in [6, 6.07) is 9.13. The molecule has 0 aromatic heterocycles. The van der Waals surface area contributed by atoms with Gasteiger partial charge in [0.25, 0.3) is 11.6 Å². The molecule has 2 aromatic carbocycles. The topological polar surface area (TPSA) is 72.2 Å². The first-order chi connectivity index (χ1) is 9.88. The number of nitrogens with zero attached hydrogens (tertiary/aromatic N) is 1. The Bertz CT molecular complexity index is 739. The molecule has 0 aliphatic rings. The van der Waals surface area contributed by atoms with E-state index in [4.69, 9.17) is 11.6 Å². The SMILES string of the molecule is O=C(Nc1ccc([N+](=O)[O-])cc1Br)c1cc(Cl)ccc1I. The summed E-state index contributed by atoms with van der Waals surface area (Å²) in [6.45, 7) is 0. The van der Waals surface area contributed by atoms with Gasteiger partial charge in [-0.1, -0.05) is 11.6 Å². The van der Waals surface area contributed by atoms with Crippen molar-refractivity contribution in [1.82, 2.24) is 0 Å². The number of anilines is 1. The van der Waals surface area contributed by atoms with Crippen LogP contribution >= 0.6 is 50.1 Å². The third-order valence-electron chi connectivity index (χ3n) is 2.58. The number of carbonyl (C=O) groups is 1. The third kappa shape index (κ3) is 3.92. The van der Waals surface area contributed by atoms with Gasteiger partial charge in [-0.05, 0) is 62.8 Å². The van der Waals surface area contributed by atoms with E-state index in [9.17, 15) is 14.9 Å². The number of benzene rings is 2. The second-order valence-corrected chi connectivity index (χ2v) is 6.45. The van der Waals surface area contributed by atoms with Crippen LogP contribution in [0.25, 0.3) is 0 Å². The molecule has 0 spiro atoms. The molecule has 2 aromatic rings. The van der Waals surface area contributed by atoms with Crippen LogP contribution in [0.4, 0.5) is 11.4 Å². The Morgan fingerprint density at radius 2 is 2.00 bits per heavy atom. The molecule has 108 valence electrons. The van der Waals surface area contributed by atoms with Crippen LogP contribution in [-0.4, -0.2) is 10.8 Å². The highest BCUT2D eigenvalue weighted by molar-refractivity contribution is 14.1. The molecule has 0 fully saturated rings. The molecule has 2 rings (SSSR count). The molecule has 0 heterocycles. The smallest absolute Gasteiger partial charge is 0.270 e. The molecule has 0 saturated heterocycles. The van der Waals surface area contributed by atoms with E-state index in [1.807, 2.05) is 22.6 Å². The maximum atomic E-state index is 12.2. The summed E-state index contributed by atoms with van der Waals surface area (Å²) in [5, 5.41) is 13.8. The minimum atomic E-state index is -0.504.